The minimum atomic E-state index is 0.283. The van der Waals surface area contributed by atoms with Crippen LogP contribution in [-0.4, -0.2) is 57.5 Å². The number of nitrogens with one attached hydrogen (secondary N) is 1. The third-order valence-corrected chi connectivity index (χ3v) is 3.65. The number of morpholine rings is 1. The molecule has 1 aromatic carbocycles. The molecular formula is C15H22N2O3. The SMILES string of the molecule is CN1CCOC(CNCc2ccc3c(c2)OCCO3)C1. The summed E-state index contributed by atoms with van der Waals surface area (Å²) < 4.78 is 16.8. The highest BCUT2D eigenvalue weighted by atomic mass is 16.6. The lowest BCUT2D eigenvalue weighted by Crippen LogP contribution is -2.44. The Kier molecular flexibility index (Phi) is 4.40. The lowest BCUT2D eigenvalue weighted by molar-refractivity contribution is -0.0182. The second-order valence-corrected chi connectivity index (χ2v) is 5.36. The molecule has 0 aromatic heterocycles. The van der Waals surface area contributed by atoms with E-state index in [4.69, 9.17) is 14.2 Å². The zero-order valence-corrected chi connectivity index (χ0v) is 11.9. The van der Waals surface area contributed by atoms with Crippen molar-refractivity contribution in [3.05, 3.63) is 23.8 Å². The molecule has 0 amide bonds. The van der Waals surface area contributed by atoms with Crippen LogP contribution in [0.1, 0.15) is 5.56 Å². The first-order valence-corrected chi connectivity index (χ1v) is 7.20. The van der Waals surface area contributed by atoms with Gasteiger partial charge in [-0.3, -0.25) is 0 Å². The second-order valence-electron chi connectivity index (χ2n) is 5.36. The molecule has 2 heterocycles. The van der Waals surface area contributed by atoms with Gasteiger partial charge in [-0.2, -0.15) is 0 Å². The number of fused-ring (bicyclic) bond motifs is 1. The fraction of sp³-hybridized carbons (Fsp3) is 0.600. The third kappa shape index (κ3) is 3.42. The fourth-order valence-electron chi connectivity index (χ4n) is 2.57. The van der Waals surface area contributed by atoms with Gasteiger partial charge in [-0.15, -0.1) is 0 Å². The molecule has 0 saturated carbocycles. The van der Waals surface area contributed by atoms with Crippen LogP contribution in [0.2, 0.25) is 0 Å². The van der Waals surface area contributed by atoms with Crippen LogP contribution in [-0.2, 0) is 11.3 Å². The Morgan fingerprint density at radius 3 is 2.90 bits per heavy atom. The van der Waals surface area contributed by atoms with Crippen molar-refractivity contribution in [1.82, 2.24) is 10.2 Å². The molecule has 3 rings (SSSR count). The van der Waals surface area contributed by atoms with Gasteiger partial charge in [-0.1, -0.05) is 6.07 Å². The molecule has 1 unspecified atom stereocenters. The summed E-state index contributed by atoms with van der Waals surface area (Å²) in [6.07, 6.45) is 0.283. The van der Waals surface area contributed by atoms with Crippen molar-refractivity contribution in [2.24, 2.45) is 0 Å². The molecule has 110 valence electrons. The average molecular weight is 278 g/mol. The molecule has 0 bridgehead atoms. The van der Waals surface area contributed by atoms with E-state index in [2.05, 4.69) is 29.4 Å². The average Bonchev–Trinajstić information content (AvgIpc) is 2.47. The van der Waals surface area contributed by atoms with Gasteiger partial charge in [-0.25, -0.2) is 0 Å². The van der Waals surface area contributed by atoms with E-state index in [0.29, 0.717) is 13.2 Å². The zero-order valence-electron chi connectivity index (χ0n) is 11.9. The summed E-state index contributed by atoms with van der Waals surface area (Å²) in [6, 6.07) is 6.11. The van der Waals surface area contributed by atoms with Crippen LogP contribution >= 0.6 is 0 Å². The van der Waals surface area contributed by atoms with Crippen molar-refractivity contribution in [1.29, 1.82) is 0 Å². The van der Waals surface area contributed by atoms with E-state index in [-0.39, 0.29) is 6.10 Å². The van der Waals surface area contributed by atoms with Crippen molar-refractivity contribution in [3.8, 4) is 11.5 Å². The number of hydrogen-bond donors (Lipinski definition) is 1. The van der Waals surface area contributed by atoms with E-state index < -0.39 is 0 Å². The molecular weight excluding hydrogens is 256 g/mol. The normalized spacial score (nSPS) is 22.8. The van der Waals surface area contributed by atoms with Crippen molar-refractivity contribution >= 4 is 0 Å². The van der Waals surface area contributed by atoms with Crippen LogP contribution in [0.15, 0.2) is 18.2 Å². The smallest absolute Gasteiger partial charge is 0.161 e. The number of benzene rings is 1. The molecule has 1 fully saturated rings. The largest absolute Gasteiger partial charge is 0.486 e. The van der Waals surface area contributed by atoms with E-state index in [1.165, 1.54) is 5.56 Å². The van der Waals surface area contributed by atoms with Crippen molar-refractivity contribution < 1.29 is 14.2 Å². The molecule has 20 heavy (non-hydrogen) atoms. The highest BCUT2D eigenvalue weighted by Crippen LogP contribution is 2.30. The number of ether oxygens (including phenoxy) is 3. The summed E-state index contributed by atoms with van der Waals surface area (Å²) in [4.78, 5) is 2.31. The molecule has 0 spiro atoms. The Morgan fingerprint density at radius 1 is 1.20 bits per heavy atom. The highest BCUT2D eigenvalue weighted by Gasteiger charge is 2.17. The van der Waals surface area contributed by atoms with Crippen LogP contribution in [0, 0.1) is 0 Å². The fourth-order valence-corrected chi connectivity index (χ4v) is 2.57. The maximum absolute atomic E-state index is 5.73. The summed E-state index contributed by atoms with van der Waals surface area (Å²) in [6.45, 7) is 5.81. The van der Waals surface area contributed by atoms with Crippen molar-refractivity contribution in [2.75, 3.05) is 46.5 Å². The lowest BCUT2D eigenvalue weighted by atomic mass is 10.2. The van der Waals surface area contributed by atoms with E-state index in [1.54, 1.807) is 0 Å². The van der Waals surface area contributed by atoms with Crippen LogP contribution < -0.4 is 14.8 Å². The van der Waals surface area contributed by atoms with Gasteiger partial charge in [0, 0.05) is 26.2 Å². The van der Waals surface area contributed by atoms with Gasteiger partial charge in [0.05, 0.1) is 12.7 Å². The molecule has 1 aromatic rings. The highest BCUT2D eigenvalue weighted by molar-refractivity contribution is 5.43. The van der Waals surface area contributed by atoms with Gasteiger partial charge in [0.2, 0.25) is 0 Å². The first-order chi connectivity index (χ1) is 9.81. The van der Waals surface area contributed by atoms with E-state index in [0.717, 1.165) is 44.3 Å². The first-order valence-electron chi connectivity index (χ1n) is 7.20. The molecule has 1 atom stereocenters. The topological polar surface area (TPSA) is 43.0 Å². The van der Waals surface area contributed by atoms with Crippen molar-refractivity contribution in [3.63, 3.8) is 0 Å². The first kappa shape index (κ1) is 13.7. The number of hydrogen-bond acceptors (Lipinski definition) is 5. The summed E-state index contributed by atoms with van der Waals surface area (Å²) in [5, 5.41) is 3.45. The summed E-state index contributed by atoms with van der Waals surface area (Å²) in [5.74, 6) is 1.70. The van der Waals surface area contributed by atoms with Crippen LogP contribution in [0.5, 0.6) is 11.5 Å². The minimum absolute atomic E-state index is 0.283. The molecule has 0 aliphatic carbocycles. The van der Waals surface area contributed by atoms with Gasteiger partial charge in [-0.05, 0) is 24.7 Å². The van der Waals surface area contributed by atoms with Gasteiger partial charge >= 0.3 is 0 Å². The number of likely N-dealkylation sites (N-methyl/N-ethyl adjacent to an activating group) is 1. The predicted molar refractivity (Wildman–Crippen MR) is 76.4 cm³/mol. The monoisotopic (exact) mass is 278 g/mol. The van der Waals surface area contributed by atoms with Gasteiger partial charge < -0.3 is 24.4 Å². The van der Waals surface area contributed by atoms with Gasteiger partial charge in [0.15, 0.2) is 11.5 Å². The zero-order chi connectivity index (χ0) is 13.8. The Labute approximate surface area is 119 Å². The molecule has 1 N–H and O–H groups in total. The van der Waals surface area contributed by atoms with Crippen LogP contribution in [0.25, 0.3) is 0 Å². The lowest BCUT2D eigenvalue weighted by Gasteiger charge is -2.30. The Bertz CT molecular complexity index is 453. The number of rotatable bonds is 4. The quantitative estimate of drug-likeness (QED) is 0.885. The predicted octanol–water partition coefficient (Wildman–Crippen LogP) is 0.878. The summed E-state index contributed by atoms with van der Waals surface area (Å²) in [5.41, 5.74) is 1.21. The molecule has 0 radical (unpaired) electrons. The number of nitrogens with zero attached hydrogens (tertiary/aromatic N) is 1. The molecule has 2 aliphatic rings. The van der Waals surface area contributed by atoms with Crippen LogP contribution in [0.4, 0.5) is 0 Å². The molecule has 5 heteroatoms. The van der Waals surface area contributed by atoms with Gasteiger partial charge in [0.25, 0.3) is 0 Å². The Morgan fingerprint density at radius 2 is 2.05 bits per heavy atom. The van der Waals surface area contributed by atoms with Crippen molar-refractivity contribution in [2.45, 2.75) is 12.6 Å². The Balaban J connectivity index is 1.48. The van der Waals surface area contributed by atoms with Gasteiger partial charge in [0.1, 0.15) is 13.2 Å². The van der Waals surface area contributed by atoms with Crippen LogP contribution in [0.3, 0.4) is 0 Å². The summed E-state index contributed by atoms with van der Waals surface area (Å²) >= 11 is 0. The molecule has 5 nitrogen and oxygen atoms in total. The molecule has 1 saturated heterocycles. The third-order valence-electron chi connectivity index (χ3n) is 3.65. The van der Waals surface area contributed by atoms with E-state index >= 15 is 0 Å². The van der Waals surface area contributed by atoms with E-state index in [9.17, 15) is 0 Å². The maximum Gasteiger partial charge on any atom is 0.161 e. The minimum Gasteiger partial charge on any atom is -0.486 e. The van der Waals surface area contributed by atoms with E-state index in [1.807, 2.05) is 6.07 Å². The summed E-state index contributed by atoms with van der Waals surface area (Å²) in [7, 11) is 2.14. The maximum atomic E-state index is 5.73. The Hall–Kier alpha value is -1.30. The standard InChI is InChI=1S/C15H22N2O3/c1-17-4-5-18-13(11-17)10-16-9-12-2-3-14-15(8-12)20-7-6-19-14/h2-3,8,13,16H,4-7,9-11H2,1H3. The second kappa shape index (κ2) is 6.43. The molecule has 2 aliphatic heterocycles.